The van der Waals surface area contributed by atoms with E-state index >= 15 is 0 Å². The summed E-state index contributed by atoms with van der Waals surface area (Å²) < 4.78 is 39.8. The zero-order valence-electron chi connectivity index (χ0n) is 11.1. The van der Waals surface area contributed by atoms with E-state index in [1.54, 1.807) is 0 Å². The molecule has 9 heteroatoms. The zero-order chi connectivity index (χ0) is 16.5. The Labute approximate surface area is 122 Å². The highest BCUT2D eigenvalue weighted by molar-refractivity contribution is 5.97. The molecular formula is C13H12F3NO5. The molecule has 0 spiro atoms. The van der Waals surface area contributed by atoms with Gasteiger partial charge in [0.1, 0.15) is 5.75 Å². The van der Waals surface area contributed by atoms with Crippen molar-refractivity contribution in [2.75, 3.05) is 6.54 Å². The molecule has 0 aromatic heterocycles. The Hall–Kier alpha value is -2.29. The number of alkyl halides is 3. The molecule has 22 heavy (non-hydrogen) atoms. The normalized spacial score (nSPS) is 21.7. The highest BCUT2D eigenvalue weighted by Crippen LogP contribution is 2.25. The van der Waals surface area contributed by atoms with E-state index in [9.17, 15) is 27.9 Å². The van der Waals surface area contributed by atoms with E-state index in [0.29, 0.717) is 0 Å². The molecule has 2 rings (SSSR count). The van der Waals surface area contributed by atoms with Crippen LogP contribution in [0.25, 0.3) is 0 Å². The molecule has 2 unspecified atom stereocenters. The van der Waals surface area contributed by atoms with Gasteiger partial charge in [-0.3, -0.25) is 4.79 Å². The molecule has 0 aliphatic carbocycles. The van der Waals surface area contributed by atoms with E-state index in [4.69, 9.17) is 5.11 Å². The van der Waals surface area contributed by atoms with Gasteiger partial charge in [-0.2, -0.15) is 0 Å². The second kappa shape index (κ2) is 5.84. The molecule has 2 N–H and O–H groups in total. The molecule has 0 radical (unpaired) electrons. The zero-order valence-corrected chi connectivity index (χ0v) is 11.1. The number of halogens is 3. The number of nitrogens with zero attached hydrogens (tertiary/aromatic N) is 1. The number of carboxylic acid groups (broad SMARTS) is 1. The Morgan fingerprint density at radius 3 is 2.32 bits per heavy atom. The van der Waals surface area contributed by atoms with Crippen molar-refractivity contribution in [1.29, 1.82) is 0 Å². The Morgan fingerprint density at radius 2 is 1.82 bits per heavy atom. The smallest absolute Gasteiger partial charge is 0.480 e. The fourth-order valence-corrected chi connectivity index (χ4v) is 2.27. The lowest BCUT2D eigenvalue weighted by Gasteiger charge is -2.22. The van der Waals surface area contributed by atoms with Crippen molar-refractivity contribution in [3.8, 4) is 5.75 Å². The van der Waals surface area contributed by atoms with Gasteiger partial charge in [-0.25, -0.2) is 4.79 Å². The maximum atomic E-state index is 12.2. The van der Waals surface area contributed by atoms with Crippen LogP contribution in [-0.4, -0.2) is 52.0 Å². The third kappa shape index (κ3) is 3.48. The van der Waals surface area contributed by atoms with E-state index in [2.05, 4.69) is 4.74 Å². The van der Waals surface area contributed by atoms with Gasteiger partial charge < -0.3 is 19.8 Å². The van der Waals surface area contributed by atoms with Gasteiger partial charge in [0, 0.05) is 12.1 Å². The minimum absolute atomic E-state index is 0.00914. The van der Waals surface area contributed by atoms with Gasteiger partial charge in [-0.15, -0.1) is 13.2 Å². The van der Waals surface area contributed by atoms with E-state index in [1.807, 2.05) is 0 Å². The first-order valence-electron chi connectivity index (χ1n) is 6.26. The van der Waals surface area contributed by atoms with Crippen molar-refractivity contribution in [2.24, 2.45) is 0 Å². The summed E-state index contributed by atoms with van der Waals surface area (Å²) in [6.45, 7) is 0.0533. The molecule has 1 aromatic carbocycles. The molecule has 6 nitrogen and oxygen atoms in total. The summed E-state index contributed by atoms with van der Waals surface area (Å²) in [6.07, 6.45) is -5.88. The number of rotatable bonds is 3. The molecule has 0 bridgehead atoms. The molecule has 0 saturated carbocycles. The average molecular weight is 319 g/mol. The summed E-state index contributed by atoms with van der Waals surface area (Å²) in [4.78, 5) is 24.2. The molecule has 2 atom stereocenters. The van der Waals surface area contributed by atoms with Crippen molar-refractivity contribution < 1.29 is 37.7 Å². The minimum Gasteiger partial charge on any atom is -0.480 e. The highest BCUT2D eigenvalue weighted by atomic mass is 19.4. The SMILES string of the molecule is O=C(O)C1C(O)CCN1C(=O)c1ccc(OC(F)(F)F)cc1. The molecule has 1 fully saturated rings. The highest BCUT2D eigenvalue weighted by Gasteiger charge is 2.41. The van der Waals surface area contributed by atoms with Gasteiger partial charge in [-0.1, -0.05) is 0 Å². The van der Waals surface area contributed by atoms with E-state index in [0.717, 1.165) is 29.2 Å². The maximum absolute atomic E-state index is 12.2. The first-order chi connectivity index (χ1) is 10.2. The molecule has 1 aliphatic heterocycles. The number of hydrogen-bond acceptors (Lipinski definition) is 4. The first-order valence-corrected chi connectivity index (χ1v) is 6.26. The third-order valence-electron chi connectivity index (χ3n) is 3.21. The van der Waals surface area contributed by atoms with Crippen LogP contribution in [0.1, 0.15) is 16.8 Å². The van der Waals surface area contributed by atoms with E-state index in [1.165, 1.54) is 0 Å². The van der Waals surface area contributed by atoms with E-state index < -0.39 is 36.1 Å². The summed E-state index contributed by atoms with van der Waals surface area (Å²) in [7, 11) is 0. The molecule has 1 saturated heterocycles. The van der Waals surface area contributed by atoms with Crippen LogP contribution in [0.5, 0.6) is 5.75 Å². The Bertz CT molecular complexity index is 572. The van der Waals surface area contributed by atoms with Crippen molar-refractivity contribution in [1.82, 2.24) is 4.90 Å². The van der Waals surface area contributed by atoms with Crippen molar-refractivity contribution >= 4 is 11.9 Å². The van der Waals surface area contributed by atoms with Crippen LogP contribution in [-0.2, 0) is 4.79 Å². The van der Waals surface area contributed by atoms with Crippen molar-refractivity contribution in [3.05, 3.63) is 29.8 Å². The van der Waals surface area contributed by atoms with Crippen LogP contribution in [0.2, 0.25) is 0 Å². The van der Waals surface area contributed by atoms with Crippen LogP contribution in [0.4, 0.5) is 13.2 Å². The summed E-state index contributed by atoms with van der Waals surface area (Å²) in [6, 6.07) is 2.77. The van der Waals surface area contributed by atoms with E-state index in [-0.39, 0.29) is 18.5 Å². The van der Waals surface area contributed by atoms with Crippen molar-refractivity contribution in [2.45, 2.75) is 24.9 Å². The number of ether oxygens (including phenoxy) is 1. The molecule has 120 valence electrons. The quantitative estimate of drug-likeness (QED) is 0.875. The van der Waals surface area contributed by atoms with Crippen LogP contribution in [0.3, 0.4) is 0 Å². The average Bonchev–Trinajstić information content (AvgIpc) is 2.79. The lowest BCUT2D eigenvalue weighted by molar-refractivity contribution is -0.274. The lowest BCUT2D eigenvalue weighted by Crippen LogP contribution is -2.45. The fourth-order valence-electron chi connectivity index (χ4n) is 2.27. The van der Waals surface area contributed by atoms with Crippen molar-refractivity contribution in [3.63, 3.8) is 0 Å². The minimum atomic E-state index is -4.83. The number of hydrogen-bond donors (Lipinski definition) is 2. The number of amides is 1. The number of likely N-dealkylation sites (tertiary alicyclic amines) is 1. The number of aliphatic carboxylic acids is 1. The van der Waals surface area contributed by atoms with Gasteiger partial charge in [0.25, 0.3) is 5.91 Å². The molecule has 1 amide bonds. The maximum Gasteiger partial charge on any atom is 0.573 e. The summed E-state index contributed by atoms with van der Waals surface area (Å²) in [5.74, 6) is -2.50. The van der Waals surface area contributed by atoms with Crippen LogP contribution < -0.4 is 4.74 Å². The number of aliphatic hydroxyl groups excluding tert-OH is 1. The second-order valence-electron chi connectivity index (χ2n) is 4.71. The molecule has 1 aromatic rings. The van der Waals surface area contributed by atoms with Gasteiger partial charge in [0.05, 0.1) is 6.10 Å². The predicted octanol–water partition coefficient (Wildman–Crippen LogP) is 1.25. The topological polar surface area (TPSA) is 87.1 Å². The van der Waals surface area contributed by atoms with Crippen LogP contribution >= 0.6 is 0 Å². The molecular weight excluding hydrogens is 307 g/mol. The standard InChI is InChI=1S/C13H12F3NO5/c14-13(15,16)22-8-3-1-7(2-4-8)11(19)17-6-5-9(18)10(17)12(20)21/h1-4,9-10,18H,5-6H2,(H,20,21). The van der Waals surface area contributed by atoms with Gasteiger partial charge >= 0.3 is 12.3 Å². The summed E-state index contributed by atoms with van der Waals surface area (Å²) in [5.41, 5.74) is 0.00914. The monoisotopic (exact) mass is 319 g/mol. The molecule has 1 aliphatic rings. The predicted molar refractivity (Wildman–Crippen MR) is 66.2 cm³/mol. The number of aliphatic hydroxyl groups is 1. The largest absolute Gasteiger partial charge is 0.573 e. The lowest BCUT2D eigenvalue weighted by atomic mass is 10.1. The van der Waals surface area contributed by atoms with Gasteiger partial charge in [0.15, 0.2) is 6.04 Å². The Kier molecular flexibility index (Phi) is 4.27. The second-order valence-corrected chi connectivity index (χ2v) is 4.71. The summed E-state index contributed by atoms with van der Waals surface area (Å²) in [5, 5.41) is 18.6. The van der Waals surface area contributed by atoms with Gasteiger partial charge in [-0.05, 0) is 30.7 Å². The van der Waals surface area contributed by atoms with Gasteiger partial charge in [0.2, 0.25) is 0 Å². The summed E-state index contributed by atoms with van der Waals surface area (Å²) >= 11 is 0. The number of carboxylic acids is 1. The Morgan fingerprint density at radius 1 is 1.23 bits per heavy atom. The van der Waals surface area contributed by atoms with Crippen LogP contribution in [0, 0.1) is 0 Å². The molecule has 1 heterocycles. The fraction of sp³-hybridized carbons (Fsp3) is 0.385. The first kappa shape index (κ1) is 16.1. The number of carbonyl (C=O) groups is 2. The third-order valence-corrected chi connectivity index (χ3v) is 3.21. The van der Waals surface area contributed by atoms with Crippen LogP contribution in [0.15, 0.2) is 24.3 Å². The number of benzene rings is 1. The Balaban J connectivity index is 2.14. The number of carbonyl (C=O) groups excluding carboxylic acids is 1.